The molecule has 1 amide bonds. The maximum absolute atomic E-state index is 13.5. The van der Waals surface area contributed by atoms with Crippen LogP contribution in [0.4, 0.5) is 10.1 Å². The maximum atomic E-state index is 13.5. The van der Waals surface area contributed by atoms with Crippen molar-refractivity contribution in [2.75, 3.05) is 5.32 Å². The predicted octanol–water partition coefficient (Wildman–Crippen LogP) is 4.84. The minimum absolute atomic E-state index is 0.105. The lowest BCUT2D eigenvalue weighted by Gasteiger charge is -2.15. The monoisotopic (exact) mass is 446 g/mol. The van der Waals surface area contributed by atoms with Gasteiger partial charge in [0.05, 0.1) is 11.4 Å². The quantitative estimate of drug-likeness (QED) is 0.461. The van der Waals surface area contributed by atoms with Crippen molar-refractivity contribution in [3.63, 3.8) is 0 Å². The molecule has 0 aliphatic carbocycles. The molecule has 4 rings (SSSR count). The van der Waals surface area contributed by atoms with Crippen molar-refractivity contribution in [2.45, 2.75) is 47.1 Å². The van der Waals surface area contributed by atoms with Crippen LogP contribution >= 0.6 is 0 Å². The summed E-state index contributed by atoms with van der Waals surface area (Å²) in [5.74, 6) is -0.588. The molecule has 33 heavy (non-hydrogen) atoms. The van der Waals surface area contributed by atoms with Gasteiger partial charge in [-0.15, -0.1) is 0 Å². The number of hydrogen-bond donors (Lipinski definition) is 1. The van der Waals surface area contributed by atoms with Crippen LogP contribution in [0.1, 0.15) is 35.7 Å². The minimum Gasteiger partial charge on any atom is -0.326 e. The van der Waals surface area contributed by atoms with Gasteiger partial charge in [-0.05, 0) is 75.6 Å². The van der Waals surface area contributed by atoms with Crippen LogP contribution in [0.2, 0.25) is 0 Å². The first-order valence-electron chi connectivity index (χ1n) is 11.0. The smallest absolute Gasteiger partial charge is 0.255 e. The number of aromatic nitrogens is 3. The van der Waals surface area contributed by atoms with Crippen molar-refractivity contribution in [3.8, 4) is 5.69 Å². The van der Waals surface area contributed by atoms with E-state index in [1.165, 1.54) is 24.3 Å². The summed E-state index contributed by atoms with van der Waals surface area (Å²) in [6, 6.07) is 13.6. The Bertz CT molecular complexity index is 1400. The molecule has 0 aliphatic heterocycles. The lowest BCUT2D eigenvalue weighted by atomic mass is 10.0. The second kappa shape index (κ2) is 9.02. The molecule has 0 saturated heterocycles. The van der Waals surface area contributed by atoms with E-state index in [2.05, 4.69) is 5.32 Å². The Balaban J connectivity index is 1.72. The first-order valence-corrected chi connectivity index (χ1v) is 11.0. The number of para-hydroxylation sites is 1. The SMILES string of the molecule is CCn1c(=O)c(CCC(=O)Nc2ccc(F)cc2)c(C)c2c(C)nn(-c3ccccc3C)c21. The molecule has 2 aromatic heterocycles. The van der Waals surface area contributed by atoms with Crippen LogP contribution in [0.3, 0.4) is 0 Å². The molecule has 0 fully saturated rings. The molecule has 0 radical (unpaired) electrons. The van der Waals surface area contributed by atoms with E-state index >= 15 is 0 Å². The van der Waals surface area contributed by atoms with Gasteiger partial charge in [0.25, 0.3) is 5.56 Å². The van der Waals surface area contributed by atoms with Crippen LogP contribution in [0.15, 0.2) is 53.3 Å². The summed E-state index contributed by atoms with van der Waals surface area (Å²) in [5, 5.41) is 8.47. The highest BCUT2D eigenvalue weighted by Crippen LogP contribution is 2.27. The number of fused-ring (bicyclic) bond motifs is 1. The van der Waals surface area contributed by atoms with Gasteiger partial charge >= 0.3 is 0 Å². The van der Waals surface area contributed by atoms with Gasteiger partial charge in [0, 0.05) is 29.6 Å². The minimum atomic E-state index is -0.362. The van der Waals surface area contributed by atoms with E-state index in [4.69, 9.17) is 5.10 Å². The van der Waals surface area contributed by atoms with Crippen LogP contribution in [0.5, 0.6) is 0 Å². The first kappa shape index (κ1) is 22.5. The molecule has 0 unspecified atom stereocenters. The summed E-state index contributed by atoms with van der Waals surface area (Å²) in [4.78, 5) is 25.9. The molecule has 2 aromatic carbocycles. The highest BCUT2D eigenvalue weighted by Gasteiger charge is 2.21. The first-order chi connectivity index (χ1) is 15.8. The number of rotatable bonds is 6. The molecular formula is C26H27FN4O2. The van der Waals surface area contributed by atoms with Crippen LogP contribution < -0.4 is 10.9 Å². The summed E-state index contributed by atoms with van der Waals surface area (Å²) in [6.45, 7) is 8.31. The number of nitrogens with zero attached hydrogens (tertiary/aromatic N) is 3. The fourth-order valence-electron chi connectivity index (χ4n) is 4.33. The van der Waals surface area contributed by atoms with Gasteiger partial charge in [-0.25, -0.2) is 9.07 Å². The number of pyridine rings is 1. The van der Waals surface area contributed by atoms with Gasteiger partial charge in [0.2, 0.25) is 5.91 Å². The molecular weight excluding hydrogens is 419 g/mol. The van der Waals surface area contributed by atoms with Crippen molar-refractivity contribution < 1.29 is 9.18 Å². The van der Waals surface area contributed by atoms with Gasteiger partial charge in [-0.2, -0.15) is 5.10 Å². The number of carbonyl (C=O) groups excluding carboxylic acids is 1. The Morgan fingerprint density at radius 2 is 1.76 bits per heavy atom. The van der Waals surface area contributed by atoms with Crippen LogP contribution in [0.25, 0.3) is 16.7 Å². The number of amides is 1. The third-order valence-electron chi connectivity index (χ3n) is 6.01. The largest absolute Gasteiger partial charge is 0.326 e. The fraction of sp³-hybridized carbons (Fsp3) is 0.269. The number of aryl methyl sites for hydroxylation is 4. The number of hydrogen-bond acceptors (Lipinski definition) is 3. The van der Waals surface area contributed by atoms with Gasteiger partial charge in [0.1, 0.15) is 11.5 Å². The fourth-order valence-corrected chi connectivity index (χ4v) is 4.33. The molecule has 0 spiro atoms. The Morgan fingerprint density at radius 3 is 2.42 bits per heavy atom. The Morgan fingerprint density at radius 1 is 1.06 bits per heavy atom. The molecule has 0 saturated carbocycles. The molecule has 2 heterocycles. The van der Waals surface area contributed by atoms with E-state index in [1.54, 1.807) is 4.57 Å². The average molecular weight is 447 g/mol. The van der Waals surface area contributed by atoms with E-state index in [-0.39, 0.29) is 23.7 Å². The normalized spacial score (nSPS) is 11.2. The maximum Gasteiger partial charge on any atom is 0.255 e. The number of benzene rings is 2. The summed E-state index contributed by atoms with van der Waals surface area (Å²) in [5.41, 5.74) is 5.50. The second-order valence-corrected chi connectivity index (χ2v) is 8.19. The molecule has 7 heteroatoms. The lowest BCUT2D eigenvalue weighted by molar-refractivity contribution is -0.116. The third kappa shape index (κ3) is 4.18. The van der Waals surface area contributed by atoms with Crippen molar-refractivity contribution >= 4 is 22.6 Å². The highest BCUT2D eigenvalue weighted by atomic mass is 19.1. The third-order valence-corrected chi connectivity index (χ3v) is 6.01. The summed E-state index contributed by atoms with van der Waals surface area (Å²) >= 11 is 0. The molecule has 4 aromatic rings. The Labute approximate surface area is 191 Å². The van der Waals surface area contributed by atoms with Gasteiger partial charge < -0.3 is 5.32 Å². The zero-order valence-electron chi connectivity index (χ0n) is 19.3. The summed E-state index contributed by atoms with van der Waals surface area (Å²) in [6.07, 6.45) is 0.455. The van der Waals surface area contributed by atoms with E-state index in [1.807, 2.05) is 56.6 Å². The van der Waals surface area contributed by atoms with Gasteiger partial charge in [0.15, 0.2) is 0 Å². The Hall–Kier alpha value is -3.74. The van der Waals surface area contributed by atoms with Crippen molar-refractivity contribution in [3.05, 3.63) is 87.1 Å². The number of carbonyl (C=O) groups is 1. The highest BCUT2D eigenvalue weighted by molar-refractivity contribution is 5.91. The summed E-state index contributed by atoms with van der Waals surface area (Å²) in [7, 11) is 0. The van der Waals surface area contributed by atoms with Crippen LogP contribution in [-0.4, -0.2) is 20.3 Å². The molecule has 170 valence electrons. The zero-order valence-corrected chi connectivity index (χ0v) is 19.3. The van der Waals surface area contributed by atoms with E-state index in [0.717, 1.165) is 33.5 Å². The van der Waals surface area contributed by atoms with Gasteiger partial charge in [-0.1, -0.05) is 18.2 Å². The number of nitrogens with one attached hydrogen (secondary N) is 1. The summed E-state index contributed by atoms with van der Waals surface area (Å²) < 4.78 is 16.7. The lowest BCUT2D eigenvalue weighted by Crippen LogP contribution is -2.27. The molecule has 0 aliphatic rings. The van der Waals surface area contributed by atoms with Gasteiger partial charge in [-0.3, -0.25) is 14.2 Å². The van der Waals surface area contributed by atoms with E-state index in [0.29, 0.717) is 24.2 Å². The number of halogens is 1. The topological polar surface area (TPSA) is 68.9 Å². The molecule has 0 atom stereocenters. The van der Waals surface area contributed by atoms with Crippen LogP contribution in [-0.2, 0) is 17.8 Å². The standard InChI is InChI=1S/C26H27FN4O2/c1-5-30-25-24(18(4)29-31(25)22-9-7-6-8-16(22)2)17(3)21(26(30)33)14-15-23(32)28-20-12-10-19(27)11-13-20/h6-13H,5,14-15H2,1-4H3,(H,28,32). The van der Waals surface area contributed by atoms with E-state index < -0.39 is 0 Å². The molecule has 0 bridgehead atoms. The van der Waals surface area contributed by atoms with E-state index in [9.17, 15) is 14.0 Å². The van der Waals surface area contributed by atoms with Crippen molar-refractivity contribution in [2.24, 2.45) is 0 Å². The van der Waals surface area contributed by atoms with Crippen LogP contribution in [0, 0.1) is 26.6 Å². The molecule has 6 nitrogen and oxygen atoms in total. The Kier molecular flexibility index (Phi) is 6.14. The average Bonchev–Trinajstić information content (AvgIpc) is 3.13. The predicted molar refractivity (Wildman–Crippen MR) is 129 cm³/mol. The molecule has 1 N–H and O–H groups in total. The van der Waals surface area contributed by atoms with Crippen molar-refractivity contribution in [1.82, 2.24) is 14.3 Å². The zero-order chi connectivity index (χ0) is 23.7. The second-order valence-electron chi connectivity index (χ2n) is 8.19. The van der Waals surface area contributed by atoms with Crippen molar-refractivity contribution in [1.29, 1.82) is 0 Å². The number of anilines is 1.